The van der Waals surface area contributed by atoms with Crippen LogP contribution in [0.2, 0.25) is 0 Å². The van der Waals surface area contributed by atoms with Crippen LogP contribution in [-0.4, -0.2) is 7.42 Å². The smallest absolute Gasteiger partial charge is 0.198 e. The van der Waals surface area contributed by atoms with Crippen LogP contribution in [0, 0.1) is 11.3 Å². The van der Waals surface area contributed by atoms with Crippen LogP contribution in [0.15, 0.2) is 24.3 Å². The van der Waals surface area contributed by atoms with E-state index in [1.165, 1.54) is 0 Å². The minimum Gasteiger partial charge on any atom is -0.198 e. The molecular formula is C9H9Cl2NSi. The highest BCUT2D eigenvalue weighted by molar-refractivity contribution is 7.39. The summed E-state index contributed by atoms with van der Waals surface area (Å²) in [5.74, 6) is -0.135. The topological polar surface area (TPSA) is 23.8 Å². The molecule has 0 heterocycles. The maximum atomic E-state index is 8.77. The van der Waals surface area contributed by atoms with Crippen molar-refractivity contribution in [2.75, 3.05) is 0 Å². The van der Waals surface area contributed by atoms with Gasteiger partial charge in [-0.15, -0.1) is 22.2 Å². The Morgan fingerprint density at radius 3 is 2.54 bits per heavy atom. The zero-order valence-electron chi connectivity index (χ0n) is 7.17. The average molecular weight is 230 g/mol. The van der Waals surface area contributed by atoms with Gasteiger partial charge < -0.3 is 0 Å². The van der Waals surface area contributed by atoms with Gasteiger partial charge in [0.05, 0.1) is 12.0 Å². The minimum absolute atomic E-state index is 0.135. The molecule has 0 radical (unpaired) electrons. The molecule has 68 valence electrons. The van der Waals surface area contributed by atoms with Crippen molar-refractivity contribution in [3.63, 3.8) is 0 Å². The number of nitriles is 1. The molecule has 0 saturated carbocycles. The first-order chi connectivity index (χ1) is 6.16. The first-order valence-electron chi connectivity index (χ1n) is 3.93. The lowest BCUT2D eigenvalue weighted by Gasteiger charge is -2.09. The Labute approximate surface area is 88.9 Å². The van der Waals surface area contributed by atoms with Crippen molar-refractivity contribution in [1.82, 2.24) is 0 Å². The van der Waals surface area contributed by atoms with Gasteiger partial charge in [-0.05, 0) is 17.7 Å². The van der Waals surface area contributed by atoms with E-state index in [0.29, 0.717) is 0 Å². The van der Waals surface area contributed by atoms with Crippen LogP contribution >= 0.6 is 22.2 Å². The molecule has 0 aromatic heterocycles. The molecule has 1 atom stereocenters. The second-order valence-corrected chi connectivity index (χ2v) is 7.29. The van der Waals surface area contributed by atoms with E-state index >= 15 is 0 Å². The number of rotatable bonds is 2. The van der Waals surface area contributed by atoms with Crippen LogP contribution in [-0.2, 0) is 0 Å². The van der Waals surface area contributed by atoms with Crippen molar-refractivity contribution in [3.05, 3.63) is 29.8 Å². The lowest BCUT2D eigenvalue weighted by atomic mass is 10.0. The third-order valence-corrected chi connectivity index (χ3v) is 4.30. The van der Waals surface area contributed by atoms with Crippen molar-refractivity contribution in [2.24, 2.45) is 0 Å². The van der Waals surface area contributed by atoms with Crippen LogP contribution in [0.3, 0.4) is 0 Å². The molecular weight excluding hydrogens is 221 g/mol. The largest absolute Gasteiger partial charge is 0.266 e. The molecule has 4 heteroatoms. The highest BCUT2D eigenvalue weighted by Crippen LogP contribution is 2.13. The van der Waals surface area contributed by atoms with Crippen molar-refractivity contribution < 1.29 is 0 Å². The van der Waals surface area contributed by atoms with Crippen molar-refractivity contribution >= 4 is 34.8 Å². The molecule has 0 N–H and O–H groups in total. The van der Waals surface area contributed by atoms with Gasteiger partial charge in [-0.25, -0.2) is 0 Å². The van der Waals surface area contributed by atoms with Gasteiger partial charge in [-0.3, -0.25) is 0 Å². The van der Waals surface area contributed by atoms with E-state index in [9.17, 15) is 0 Å². The second-order valence-electron chi connectivity index (χ2n) is 2.78. The predicted molar refractivity (Wildman–Crippen MR) is 59.0 cm³/mol. The lowest BCUT2D eigenvalue weighted by Crippen LogP contribution is -2.23. The molecule has 0 bridgehead atoms. The molecule has 13 heavy (non-hydrogen) atoms. The maximum absolute atomic E-state index is 8.77. The quantitative estimate of drug-likeness (QED) is 0.564. The zero-order valence-corrected chi connectivity index (χ0v) is 9.83. The SMILES string of the molecule is CC(C#N)c1ccccc1[SiH](Cl)Cl. The van der Waals surface area contributed by atoms with Gasteiger partial charge in [0, 0.05) is 0 Å². The summed E-state index contributed by atoms with van der Waals surface area (Å²) in [6.45, 7) is 1.85. The van der Waals surface area contributed by atoms with Gasteiger partial charge in [0.1, 0.15) is 0 Å². The van der Waals surface area contributed by atoms with Crippen LogP contribution in [0.1, 0.15) is 18.4 Å². The van der Waals surface area contributed by atoms with Crippen molar-refractivity contribution in [1.29, 1.82) is 5.26 Å². The summed E-state index contributed by atoms with van der Waals surface area (Å²) < 4.78 is 0. The monoisotopic (exact) mass is 229 g/mol. The molecule has 0 aliphatic heterocycles. The summed E-state index contributed by atoms with van der Waals surface area (Å²) in [7, 11) is -1.84. The van der Waals surface area contributed by atoms with Gasteiger partial charge in [0.25, 0.3) is 7.42 Å². The predicted octanol–water partition coefficient (Wildman–Crippen LogP) is 2.22. The van der Waals surface area contributed by atoms with Crippen LogP contribution < -0.4 is 5.19 Å². The third-order valence-electron chi connectivity index (χ3n) is 1.89. The molecule has 1 aromatic rings. The molecule has 0 fully saturated rings. The summed E-state index contributed by atoms with van der Waals surface area (Å²) >= 11 is 11.8. The van der Waals surface area contributed by atoms with E-state index in [-0.39, 0.29) is 5.92 Å². The Balaban J connectivity index is 3.13. The Morgan fingerprint density at radius 1 is 1.38 bits per heavy atom. The first-order valence-corrected chi connectivity index (χ1v) is 8.00. The van der Waals surface area contributed by atoms with E-state index in [1.54, 1.807) is 0 Å². The Morgan fingerprint density at radius 2 is 2.00 bits per heavy atom. The average Bonchev–Trinajstić information content (AvgIpc) is 2.16. The van der Waals surface area contributed by atoms with Crippen molar-refractivity contribution in [2.45, 2.75) is 12.8 Å². The molecule has 0 saturated heterocycles. The molecule has 1 rings (SSSR count). The number of hydrogen-bond acceptors (Lipinski definition) is 1. The summed E-state index contributed by atoms with van der Waals surface area (Å²) in [6.07, 6.45) is 0. The molecule has 1 aromatic carbocycles. The lowest BCUT2D eigenvalue weighted by molar-refractivity contribution is 0.990. The Bertz CT molecular complexity index is 333. The summed E-state index contributed by atoms with van der Waals surface area (Å²) in [5.41, 5.74) is 0.965. The summed E-state index contributed by atoms with van der Waals surface area (Å²) in [4.78, 5) is 0. The van der Waals surface area contributed by atoms with Gasteiger partial charge >= 0.3 is 0 Å². The highest BCUT2D eigenvalue weighted by Gasteiger charge is 2.14. The molecule has 0 amide bonds. The number of nitrogens with zero attached hydrogens (tertiary/aromatic N) is 1. The van der Waals surface area contributed by atoms with Gasteiger partial charge in [0.2, 0.25) is 0 Å². The van der Waals surface area contributed by atoms with Crippen LogP contribution in [0.5, 0.6) is 0 Å². The minimum atomic E-state index is -1.84. The van der Waals surface area contributed by atoms with Gasteiger partial charge in [-0.1, -0.05) is 24.3 Å². The number of benzene rings is 1. The van der Waals surface area contributed by atoms with E-state index in [1.807, 2.05) is 31.2 Å². The maximum Gasteiger partial charge on any atom is 0.266 e. The molecule has 1 nitrogen and oxygen atoms in total. The van der Waals surface area contributed by atoms with Gasteiger partial charge in [-0.2, -0.15) is 5.26 Å². The molecule has 1 unspecified atom stereocenters. The second kappa shape index (κ2) is 4.66. The normalized spacial score (nSPS) is 12.5. The third kappa shape index (κ3) is 2.47. The fourth-order valence-corrected chi connectivity index (χ4v) is 3.22. The fraction of sp³-hybridized carbons (Fsp3) is 0.222. The highest BCUT2D eigenvalue weighted by atomic mass is 35.7. The summed E-state index contributed by atoms with van der Waals surface area (Å²) in [6, 6.07) is 9.79. The Kier molecular flexibility index (Phi) is 3.80. The molecule has 0 aliphatic carbocycles. The van der Waals surface area contributed by atoms with Crippen molar-refractivity contribution in [3.8, 4) is 6.07 Å². The fourth-order valence-electron chi connectivity index (χ4n) is 1.17. The first kappa shape index (κ1) is 10.6. The van der Waals surface area contributed by atoms with E-state index in [4.69, 9.17) is 27.4 Å². The summed E-state index contributed by atoms with van der Waals surface area (Å²) in [5, 5.41) is 9.73. The van der Waals surface area contributed by atoms with Crippen LogP contribution in [0.4, 0.5) is 0 Å². The van der Waals surface area contributed by atoms with E-state index in [2.05, 4.69) is 6.07 Å². The van der Waals surface area contributed by atoms with E-state index in [0.717, 1.165) is 10.8 Å². The Hall–Kier alpha value is -0.493. The standard InChI is InChI=1S/C9H9Cl2NSi/c1-7(6-12)8-4-2-3-5-9(8)13(10)11/h2-5,7,13H,1H3. The number of halogens is 2. The van der Waals surface area contributed by atoms with Gasteiger partial charge in [0.15, 0.2) is 0 Å². The molecule has 0 spiro atoms. The van der Waals surface area contributed by atoms with E-state index < -0.39 is 7.42 Å². The number of hydrogen-bond donors (Lipinski definition) is 0. The zero-order chi connectivity index (χ0) is 9.84. The van der Waals surface area contributed by atoms with Crippen LogP contribution in [0.25, 0.3) is 0 Å². The molecule has 0 aliphatic rings.